The number of nitrogens with one attached hydrogen (secondary N) is 1. The highest BCUT2D eigenvalue weighted by molar-refractivity contribution is 9.10. The number of halogens is 1. The molecule has 0 radical (unpaired) electrons. The molecular formula is C14H20BrNO2. The number of anilines is 1. The molecule has 0 heterocycles. The van der Waals surface area contributed by atoms with Crippen LogP contribution in [0, 0.1) is 19.8 Å². The number of benzene rings is 1. The predicted molar refractivity (Wildman–Crippen MR) is 77.9 cm³/mol. The van der Waals surface area contributed by atoms with Crippen molar-refractivity contribution in [2.45, 2.75) is 33.7 Å². The van der Waals surface area contributed by atoms with Gasteiger partial charge in [-0.2, -0.15) is 0 Å². The molecule has 0 aliphatic rings. The first-order chi connectivity index (χ1) is 8.36. The van der Waals surface area contributed by atoms with Gasteiger partial charge in [0.2, 0.25) is 0 Å². The quantitative estimate of drug-likeness (QED) is 0.862. The molecule has 2 atom stereocenters. The van der Waals surface area contributed by atoms with Crippen molar-refractivity contribution in [3.8, 4) is 0 Å². The smallest absolute Gasteiger partial charge is 0.310 e. The lowest BCUT2D eigenvalue weighted by Crippen LogP contribution is -2.30. The lowest BCUT2D eigenvalue weighted by Gasteiger charge is -2.21. The first-order valence-corrected chi connectivity index (χ1v) is 6.77. The normalized spacial score (nSPS) is 13.9. The maximum Gasteiger partial charge on any atom is 0.310 e. The third-order valence-corrected chi connectivity index (χ3v) is 4.40. The molecule has 0 saturated heterocycles. The minimum absolute atomic E-state index is 0.0254. The van der Waals surface area contributed by atoms with Gasteiger partial charge >= 0.3 is 5.97 Å². The van der Waals surface area contributed by atoms with Gasteiger partial charge in [0.1, 0.15) is 0 Å². The third kappa shape index (κ3) is 3.48. The molecule has 0 aliphatic heterocycles. The van der Waals surface area contributed by atoms with Gasteiger partial charge in [0.25, 0.3) is 0 Å². The number of hydrogen-bond donors (Lipinski definition) is 1. The number of ether oxygens (including phenoxy) is 1. The topological polar surface area (TPSA) is 38.3 Å². The molecule has 0 amide bonds. The average Bonchev–Trinajstić information content (AvgIpc) is 2.33. The van der Waals surface area contributed by atoms with E-state index >= 15 is 0 Å². The fourth-order valence-electron chi connectivity index (χ4n) is 1.81. The summed E-state index contributed by atoms with van der Waals surface area (Å²) in [6.07, 6.45) is 0. The molecule has 1 aromatic carbocycles. The van der Waals surface area contributed by atoms with E-state index in [0.29, 0.717) is 0 Å². The summed E-state index contributed by atoms with van der Waals surface area (Å²) in [5.74, 6) is -0.375. The van der Waals surface area contributed by atoms with Gasteiger partial charge in [-0.1, -0.05) is 15.9 Å². The molecule has 3 nitrogen and oxygen atoms in total. The van der Waals surface area contributed by atoms with E-state index in [2.05, 4.69) is 47.2 Å². The number of methoxy groups -OCH3 is 1. The van der Waals surface area contributed by atoms with Crippen LogP contribution in [-0.4, -0.2) is 19.1 Å². The van der Waals surface area contributed by atoms with Gasteiger partial charge in [-0.15, -0.1) is 0 Å². The van der Waals surface area contributed by atoms with Crippen LogP contribution in [0.5, 0.6) is 0 Å². The second-order valence-corrected chi connectivity index (χ2v) is 5.46. The monoisotopic (exact) mass is 313 g/mol. The Bertz CT molecular complexity index is 422. The molecular weight excluding hydrogens is 294 g/mol. The highest BCUT2D eigenvalue weighted by Gasteiger charge is 2.20. The summed E-state index contributed by atoms with van der Waals surface area (Å²) in [4.78, 5) is 11.5. The van der Waals surface area contributed by atoms with Crippen LogP contribution in [0.15, 0.2) is 16.6 Å². The summed E-state index contributed by atoms with van der Waals surface area (Å²) in [6, 6.07) is 4.16. The third-order valence-electron chi connectivity index (χ3n) is 3.15. The van der Waals surface area contributed by atoms with E-state index in [1.807, 2.05) is 13.8 Å². The molecule has 1 aromatic rings. The van der Waals surface area contributed by atoms with E-state index in [0.717, 1.165) is 10.2 Å². The summed E-state index contributed by atoms with van der Waals surface area (Å²) in [6.45, 7) is 7.95. The Morgan fingerprint density at radius 2 is 1.78 bits per heavy atom. The van der Waals surface area contributed by atoms with Crippen molar-refractivity contribution in [1.29, 1.82) is 0 Å². The number of esters is 1. The van der Waals surface area contributed by atoms with Gasteiger partial charge in [0.05, 0.1) is 13.0 Å². The largest absolute Gasteiger partial charge is 0.469 e. The minimum atomic E-state index is -0.194. The number of aryl methyl sites for hydroxylation is 2. The van der Waals surface area contributed by atoms with E-state index in [9.17, 15) is 4.79 Å². The van der Waals surface area contributed by atoms with Crippen molar-refractivity contribution < 1.29 is 9.53 Å². The highest BCUT2D eigenvalue weighted by Crippen LogP contribution is 2.26. The Labute approximate surface area is 117 Å². The molecule has 0 bridgehead atoms. The molecule has 100 valence electrons. The number of hydrogen-bond acceptors (Lipinski definition) is 3. The van der Waals surface area contributed by atoms with E-state index in [1.54, 1.807) is 0 Å². The van der Waals surface area contributed by atoms with Gasteiger partial charge in [-0.3, -0.25) is 4.79 Å². The number of carbonyl (C=O) groups is 1. The maximum absolute atomic E-state index is 11.5. The van der Waals surface area contributed by atoms with Crippen molar-refractivity contribution in [2.75, 3.05) is 12.4 Å². The molecule has 0 spiro atoms. The van der Waals surface area contributed by atoms with Gasteiger partial charge in [0.15, 0.2) is 0 Å². The molecule has 18 heavy (non-hydrogen) atoms. The lowest BCUT2D eigenvalue weighted by atomic mass is 10.0. The summed E-state index contributed by atoms with van der Waals surface area (Å²) >= 11 is 3.54. The van der Waals surface area contributed by atoms with Crippen molar-refractivity contribution in [1.82, 2.24) is 0 Å². The molecule has 2 unspecified atom stereocenters. The van der Waals surface area contributed by atoms with E-state index in [1.165, 1.54) is 18.2 Å². The highest BCUT2D eigenvalue weighted by atomic mass is 79.9. The van der Waals surface area contributed by atoms with E-state index in [-0.39, 0.29) is 17.9 Å². The van der Waals surface area contributed by atoms with Crippen molar-refractivity contribution in [3.05, 3.63) is 27.7 Å². The van der Waals surface area contributed by atoms with Gasteiger partial charge in [0, 0.05) is 16.2 Å². The summed E-state index contributed by atoms with van der Waals surface area (Å²) in [5.41, 5.74) is 3.38. The molecule has 0 fully saturated rings. The first-order valence-electron chi connectivity index (χ1n) is 5.98. The summed E-state index contributed by atoms with van der Waals surface area (Å²) in [5, 5.41) is 3.34. The SMILES string of the molecule is COC(=O)C(C)C(C)Nc1cc(C)c(Br)c(C)c1. The fraction of sp³-hybridized carbons (Fsp3) is 0.500. The van der Waals surface area contributed by atoms with Crippen LogP contribution in [0.4, 0.5) is 5.69 Å². The Hall–Kier alpha value is -1.03. The summed E-state index contributed by atoms with van der Waals surface area (Å²) < 4.78 is 5.88. The van der Waals surface area contributed by atoms with Crippen molar-refractivity contribution >= 4 is 27.6 Å². The molecule has 0 saturated carbocycles. The van der Waals surface area contributed by atoms with Crippen molar-refractivity contribution in [2.24, 2.45) is 5.92 Å². The van der Waals surface area contributed by atoms with Crippen LogP contribution >= 0.6 is 15.9 Å². The predicted octanol–water partition coefficient (Wildman–Crippen LogP) is 3.68. The molecule has 1 N–H and O–H groups in total. The van der Waals surface area contributed by atoms with E-state index < -0.39 is 0 Å². The Balaban J connectivity index is 2.82. The summed E-state index contributed by atoms with van der Waals surface area (Å²) in [7, 11) is 1.42. The molecule has 0 aliphatic carbocycles. The second kappa shape index (κ2) is 6.23. The van der Waals surface area contributed by atoms with Gasteiger partial charge in [-0.25, -0.2) is 0 Å². The molecule has 0 aromatic heterocycles. The second-order valence-electron chi connectivity index (χ2n) is 4.67. The average molecular weight is 314 g/mol. The van der Waals surface area contributed by atoms with E-state index in [4.69, 9.17) is 4.74 Å². The minimum Gasteiger partial charge on any atom is -0.469 e. The fourth-order valence-corrected chi connectivity index (χ4v) is 2.04. The number of carbonyl (C=O) groups excluding carboxylic acids is 1. The molecule has 1 rings (SSSR count). The zero-order valence-corrected chi connectivity index (χ0v) is 13.1. The Morgan fingerprint density at radius 3 is 2.22 bits per heavy atom. The Kier molecular flexibility index (Phi) is 5.20. The molecule has 4 heteroatoms. The van der Waals surface area contributed by atoms with Gasteiger partial charge in [-0.05, 0) is 51.0 Å². The zero-order chi connectivity index (χ0) is 13.9. The lowest BCUT2D eigenvalue weighted by molar-refractivity contribution is -0.145. The standard InChI is InChI=1S/C14H20BrNO2/c1-8-6-12(7-9(2)13(8)15)16-11(4)10(3)14(17)18-5/h6-7,10-11,16H,1-5H3. The number of rotatable bonds is 4. The van der Waals surface area contributed by atoms with Gasteiger partial charge < -0.3 is 10.1 Å². The Morgan fingerprint density at radius 1 is 1.28 bits per heavy atom. The van der Waals surface area contributed by atoms with Crippen LogP contribution < -0.4 is 5.32 Å². The van der Waals surface area contributed by atoms with Crippen LogP contribution in [0.1, 0.15) is 25.0 Å². The van der Waals surface area contributed by atoms with Crippen LogP contribution in [-0.2, 0) is 9.53 Å². The van der Waals surface area contributed by atoms with Crippen LogP contribution in [0.25, 0.3) is 0 Å². The maximum atomic E-state index is 11.5. The van der Waals surface area contributed by atoms with Crippen LogP contribution in [0.3, 0.4) is 0 Å². The first kappa shape index (κ1) is 15.0. The zero-order valence-electron chi connectivity index (χ0n) is 11.5. The van der Waals surface area contributed by atoms with Crippen LogP contribution in [0.2, 0.25) is 0 Å². The van der Waals surface area contributed by atoms with Crippen molar-refractivity contribution in [3.63, 3.8) is 0 Å².